The molecule has 5 aromatic carbocycles. The Balaban J connectivity index is 1.41. The highest BCUT2D eigenvalue weighted by Crippen LogP contribution is 2.29. The van der Waals surface area contributed by atoms with Gasteiger partial charge in [-0.05, 0) is 34.9 Å². The number of nitrogens with zero attached hydrogens (tertiary/aromatic N) is 3. The molecule has 2 amide bonds. The lowest BCUT2D eigenvalue weighted by molar-refractivity contribution is -0.126. The quantitative estimate of drug-likeness (QED) is 0.131. The molecule has 50 heavy (non-hydrogen) atoms. The van der Waals surface area contributed by atoms with Crippen molar-refractivity contribution in [3.8, 4) is 6.07 Å². The smallest absolute Gasteiger partial charge is 0.255 e. The summed E-state index contributed by atoms with van der Waals surface area (Å²) < 4.78 is 0. The van der Waals surface area contributed by atoms with Crippen LogP contribution in [0.15, 0.2) is 152 Å². The third-order valence-corrected chi connectivity index (χ3v) is 8.65. The van der Waals surface area contributed by atoms with Crippen LogP contribution in [0.5, 0.6) is 0 Å². The van der Waals surface area contributed by atoms with Crippen molar-refractivity contribution in [2.24, 2.45) is 0 Å². The molecule has 0 aliphatic carbocycles. The number of amides is 2. The van der Waals surface area contributed by atoms with Gasteiger partial charge in [-0.15, -0.1) is 0 Å². The second-order valence-corrected chi connectivity index (χ2v) is 11.8. The van der Waals surface area contributed by atoms with Gasteiger partial charge in [0.2, 0.25) is 5.91 Å². The minimum absolute atomic E-state index is 0.116. The molecule has 1 aromatic heterocycles. The third kappa shape index (κ3) is 7.75. The zero-order valence-corrected chi connectivity index (χ0v) is 27.3. The van der Waals surface area contributed by atoms with Gasteiger partial charge >= 0.3 is 0 Å². The normalized spacial score (nSPS) is 11.4. The summed E-state index contributed by atoms with van der Waals surface area (Å²) >= 11 is 0. The molecule has 2 N–H and O–H groups in total. The van der Waals surface area contributed by atoms with Gasteiger partial charge in [0.15, 0.2) is 5.78 Å². The van der Waals surface area contributed by atoms with E-state index in [1.54, 1.807) is 85.3 Å². The minimum atomic E-state index is -1.13. The molecule has 6 rings (SSSR count). The maximum absolute atomic E-state index is 14.8. The highest BCUT2D eigenvalue weighted by molar-refractivity contribution is 6.15. The molecule has 0 aliphatic heterocycles. The number of nitriles is 1. The van der Waals surface area contributed by atoms with Crippen molar-refractivity contribution in [2.75, 3.05) is 13.1 Å². The van der Waals surface area contributed by atoms with Crippen LogP contribution in [0, 0.1) is 11.3 Å². The van der Waals surface area contributed by atoms with Gasteiger partial charge in [-0.2, -0.15) is 5.26 Å². The second kappa shape index (κ2) is 16.0. The Morgan fingerprint density at radius 1 is 0.740 bits per heavy atom. The van der Waals surface area contributed by atoms with Crippen molar-refractivity contribution in [1.82, 2.24) is 20.2 Å². The van der Waals surface area contributed by atoms with E-state index < -0.39 is 17.9 Å². The van der Waals surface area contributed by atoms with Crippen LogP contribution in [0.3, 0.4) is 0 Å². The van der Waals surface area contributed by atoms with Crippen LogP contribution < -0.4 is 5.32 Å². The Labute approximate surface area is 291 Å². The summed E-state index contributed by atoms with van der Waals surface area (Å²) in [4.78, 5) is 51.9. The number of rotatable bonds is 13. The van der Waals surface area contributed by atoms with Crippen molar-refractivity contribution in [3.63, 3.8) is 0 Å². The van der Waals surface area contributed by atoms with Gasteiger partial charge in [0.25, 0.3) is 5.91 Å². The van der Waals surface area contributed by atoms with E-state index in [2.05, 4.69) is 21.4 Å². The van der Waals surface area contributed by atoms with E-state index in [4.69, 9.17) is 0 Å². The molecule has 0 fully saturated rings. The fourth-order valence-corrected chi connectivity index (χ4v) is 6.13. The zero-order valence-electron chi connectivity index (χ0n) is 27.3. The monoisotopic (exact) mass is 657 g/mol. The van der Waals surface area contributed by atoms with E-state index in [0.29, 0.717) is 23.1 Å². The Hall–Kier alpha value is -6.59. The summed E-state index contributed by atoms with van der Waals surface area (Å²) in [6.45, 7) is 0.373. The van der Waals surface area contributed by atoms with Crippen molar-refractivity contribution in [3.05, 3.63) is 197 Å². The van der Waals surface area contributed by atoms with E-state index in [1.165, 1.54) is 4.90 Å². The van der Waals surface area contributed by atoms with Gasteiger partial charge in [-0.1, -0.05) is 121 Å². The molecule has 246 valence electrons. The average molecular weight is 658 g/mol. The molecular weight excluding hydrogens is 622 g/mol. The lowest BCUT2D eigenvalue weighted by Crippen LogP contribution is -2.46. The van der Waals surface area contributed by atoms with Gasteiger partial charge in [0.05, 0.1) is 23.5 Å². The predicted octanol–water partition coefficient (Wildman–Crippen LogP) is 6.89. The van der Waals surface area contributed by atoms with Crippen LogP contribution in [0.1, 0.15) is 66.2 Å². The molecule has 8 nitrogen and oxygen atoms in total. The first kappa shape index (κ1) is 33.3. The molecule has 1 unspecified atom stereocenters. The van der Waals surface area contributed by atoms with E-state index in [1.807, 2.05) is 66.7 Å². The molecule has 1 atom stereocenters. The molecule has 6 aromatic rings. The van der Waals surface area contributed by atoms with Crippen LogP contribution in [0.4, 0.5) is 0 Å². The summed E-state index contributed by atoms with van der Waals surface area (Å²) in [6, 6.07) is 43.1. The summed E-state index contributed by atoms with van der Waals surface area (Å²) in [5.41, 5.74) is 4.51. The van der Waals surface area contributed by atoms with Crippen molar-refractivity contribution >= 4 is 17.6 Å². The molecule has 8 heteroatoms. The first-order valence-electron chi connectivity index (χ1n) is 16.4. The highest BCUT2D eigenvalue weighted by atomic mass is 16.2. The Morgan fingerprint density at radius 3 is 1.96 bits per heavy atom. The maximum atomic E-state index is 14.8. The Morgan fingerprint density at radius 2 is 1.34 bits per heavy atom. The molecule has 0 radical (unpaired) electrons. The van der Waals surface area contributed by atoms with E-state index >= 15 is 0 Å². The molecular formula is C42H35N5O3. The van der Waals surface area contributed by atoms with Gasteiger partial charge in [-0.25, -0.2) is 4.98 Å². The Bertz CT molecular complexity index is 2050. The number of hydrogen-bond acceptors (Lipinski definition) is 5. The van der Waals surface area contributed by atoms with E-state index in [9.17, 15) is 19.6 Å². The van der Waals surface area contributed by atoms with Gasteiger partial charge in [-0.3, -0.25) is 14.4 Å². The summed E-state index contributed by atoms with van der Waals surface area (Å²) in [7, 11) is 0. The van der Waals surface area contributed by atoms with Crippen LogP contribution >= 0.6 is 0 Å². The molecule has 0 bridgehead atoms. The number of aromatic nitrogens is 2. The molecule has 0 spiro atoms. The third-order valence-electron chi connectivity index (χ3n) is 8.65. The first-order valence-corrected chi connectivity index (χ1v) is 16.4. The Kier molecular flexibility index (Phi) is 10.7. The fraction of sp³-hybridized carbons (Fsp3) is 0.119. The number of ketones is 1. The molecule has 0 saturated carbocycles. The van der Waals surface area contributed by atoms with Crippen LogP contribution in [0.25, 0.3) is 0 Å². The lowest BCUT2D eigenvalue weighted by Gasteiger charge is -2.32. The molecule has 1 heterocycles. The van der Waals surface area contributed by atoms with Crippen molar-refractivity contribution in [2.45, 2.75) is 18.4 Å². The molecule has 0 aliphatic rings. The van der Waals surface area contributed by atoms with Crippen LogP contribution in [-0.2, 0) is 11.2 Å². The zero-order chi connectivity index (χ0) is 34.7. The average Bonchev–Trinajstić information content (AvgIpc) is 3.71. The largest absolute Gasteiger partial charge is 0.353 e. The number of aromatic amines is 1. The number of nitrogens with one attached hydrogen (secondary N) is 2. The highest BCUT2D eigenvalue weighted by Gasteiger charge is 2.34. The second-order valence-electron chi connectivity index (χ2n) is 11.8. The SMILES string of the molecule is N#Cc1cccc(C(C(=O)NCC(c2ccccc2)c2ccccc2)N(CCc2cnc[nH]2)C(=O)c2ccccc2C(=O)c2ccccc2)c1. The number of hydrogen-bond donors (Lipinski definition) is 2. The topological polar surface area (TPSA) is 119 Å². The van der Waals surface area contributed by atoms with E-state index in [0.717, 1.165) is 16.8 Å². The first-order chi connectivity index (χ1) is 24.5. The van der Waals surface area contributed by atoms with Gasteiger partial charge in [0.1, 0.15) is 6.04 Å². The number of H-pyrrole nitrogens is 1. The fourth-order valence-electron chi connectivity index (χ4n) is 6.13. The van der Waals surface area contributed by atoms with Crippen LogP contribution in [0.2, 0.25) is 0 Å². The molecule has 0 saturated heterocycles. The summed E-state index contributed by atoms with van der Waals surface area (Å²) in [6.07, 6.45) is 3.59. The maximum Gasteiger partial charge on any atom is 0.255 e. The lowest BCUT2D eigenvalue weighted by atomic mass is 9.91. The summed E-state index contributed by atoms with van der Waals surface area (Å²) in [5, 5.41) is 12.9. The number of carbonyl (C=O) groups is 3. The van der Waals surface area contributed by atoms with E-state index in [-0.39, 0.29) is 35.9 Å². The van der Waals surface area contributed by atoms with Gasteiger partial charge < -0.3 is 15.2 Å². The summed E-state index contributed by atoms with van der Waals surface area (Å²) in [5.74, 6) is -1.37. The minimum Gasteiger partial charge on any atom is -0.353 e. The van der Waals surface area contributed by atoms with Crippen LogP contribution in [-0.4, -0.2) is 45.6 Å². The standard InChI is InChI=1S/C42H35N5O3/c43-26-30-13-12-20-34(25-30)39(41(49)45-28-38(31-14-4-1-5-15-31)32-16-6-2-7-17-32)47(24-23-35-27-44-29-46-35)42(50)37-22-11-10-21-36(37)40(48)33-18-8-3-9-19-33/h1-22,25,27,29,38-39H,23-24,28H2,(H,44,46)(H,45,49). The number of carbonyl (C=O) groups excluding carboxylic acids is 3. The van der Waals surface area contributed by atoms with Crippen molar-refractivity contribution < 1.29 is 14.4 Å². The van der Waals surface area contributed by atoms with Crippen molar-refractivity contribution in [1.29, 1.82) is 5.26 Å². The predicted molar refractivity (Wildman–Crippen MR) is 191 cm³/mol. The number of benzene rings is 5. The van der Waals surface area contributed by atoms with Gasteiger partial charge in [0, 0.05) is 48.4 Å². The number of imidazole rings is 1.